The molecule has 0 unspecified atom stereocenters. The number of likely N-dealkylation sites (N-methyl/N-ethyl adjacent to an activating group) is 1. The number of benzene rings is 1. The highest BCUT2D eigenvalue weighted by atomic mass is 16.2. The molecule has 2 N–H and O–H groups in total. The predicted octanol–water partition coefficient (Wildman–Crippen LogP) is 1.59. The first-order valence-electron chi connectivity index (χ1n) is 8.62. The maximum Gasteiger partial charge on any atom is 0.318 e. The highest BCUT2D eigenvalue weighted by Crippen LogP contribution is 2.17. The van der Waals surface area contributed by atoms with Gasteiger partial charge in [-0.3, -0.25) is 4.79 Å². The van der Waals surface area contributed by atoms with Crippen LogP contribution >= 0.6 is 0 Å². The van der Waals surface area contributed by atoms with Crippen LogP contribution in [0.3, 0.4) is 0 Å². The number of fused-ring (bicyclic) bond motifs is 1. The number of H-pyrrole nitrogens is 1. The number of hydrogen-bond donors (Lipinski definition) is 2. The van der Waals surface area contributed by atoms with E-state index < -0.39 is 6.04 Å². The number of aromatic amines is 1. The second-order valence-corrected chi connectivity index (χ2v) is 6.75. The van der Waals surface area contributed by atoms with Crippen molar-refractivity contribution in [3.63, 3.8) is 0 Å². The summed E-state index contributed by atoms with van der Waals surface area (Å²) in [7, 11) is 1.76. The second-order valence-electron chi connectivity index (χ2n) is 6.75. The normalized spacial score (nSPS) is 18.1. The molecule has 0 spiro atoms. The van der Waals surface area contributed by atoms with Crippen LogP contribution < -0.4 is 5.32 Å². The third-order valence-corrected chi connectivity index (χ3v) is 4.92. The number of aromatic nitrogens is 2. The monoisotopic (exact) mass is 343 g/mol. The number of carbonyl (C=O) groups is 2. The van der Waals surface area contributed by atoms with E-state index in [9.17, 15) is 9.59 Å². The van der Waals surface area contributed by atoms with Gasteiger partial charge in [-0.25, -0.2) is 9.78 Å². The van der Waals surface area contributed by atoms with Gasteiger partial charge < -0.3 is 20.1 Å². The Labute approximate surface area is 147 Å². The molecule has 1 aliphatic heterocycles. The first-order chi connectivity index (χ1) is 11.9. The minimum absolute atomic E-state index is 0.0237. The Balaban J connectivity index is 1.57. The molecular weight excluding hydrogens is 318 g/mol. The number of aryl methyl sites for hydroxylation is 2. The van der Waals surface area contributed by atoms with Gasteiger partial charge in [-0.15, -0.1) is 0 Å². The van der Waals surface area contributed by atoms with Crippen molar-refractivity contribution in [1.82, 2.24) is 25.1 Å². The number of carbonyl (C=O) groups excluding carboxylic acids is 2. The molecule has 7 heteroatoms. The molecule has 3 amide bonds. The average Bonchev–Trinajstić information content (AvgIpc) is 2.94. The van der Waals surface area contributed by atoms with Crippen LogP contribution in [0.25, 0.3) is 11.0 Å². The maximum absolute atomic E-state index is 12.3. The van der Waals surface area contributed by atoms with E-state index in [0.29, 0.717) is 26.1 Å². The summed E-state index contributed by atoms with van der Waals surface area (Å²) in [6, 6.07) is 3.55. The van der Waals surface area contributed by atoms with Gasteiger partial charge in [-0.05, 0) is 44.0 Å². The Morgan fingerprint density at radius 3 is 2.80 bits per heavy atom. The summed E-state index contributed by atoms with van der Waals surface area (Å²) in [5, 5.41) is 2.89. The quantitative estimate of drug-likeness (QED) is 0.888. The Morgan fingerprint density at radius 2 is 2.04 bits per heavy atom. The van der Waals surface area contributed by atoms with Gasteiger partial charge in [-0.2, -0.15) is 0 Å². The molecule has 134 valence electrons. The maximum atomic E-state index is 12.3. The molecule has 1 saturated heterocycles. The molecule has 0 radical (unpaired) electrons. The average molecular weight is 343 g/mol. The molecule has 2 aromatic rings. The lowest BCUT2D eigenvalue weighted by Crippen LogP contribution is -2.58. The Bertz CT molecular complexity index is 774. The van der Waals surface area contributed by atoms with Crippen molar-refractivity contribution in [3.8, 4) is 0 Å². The molecule has 0 saturated carbocycles. The van der Waals surface area contributed by atoms with E-state index >= 15 is 0 Å². The van der Waals surface area contributed by atoms with Gasteiger partial charge in [0.1, 0.15) is 11.9 Å². The summed E-state index contributed by atoms with van der Waals surface area (Å²) in [5.41, 5.74) is 4.41. The number of nitrogens with one attached hydrogen (secondary N) is 2. The lowest BCUT2D eigenvalue weighted by Gasteiger charge is -2.37. The van der Waals surface area contributed by atoms with Crippen LogP contribution in [0, 0.1) is 13.8 Å². The van der Waals surface area contributed by atoms with E-state index in [1.54, 1.807) is 23.8 Å². The Morgan fingerprint density at radius 1 is 1.32 bits per heavy atom. The highest BCUT2D eigenvalue weighted by Gasteiger charge is 2.32. The Kier molecular flexibility index (Phi) is 4.65. The smallest absolute Gasteiger partial charge is 0.318 e. The molecule has 0 aliphatic carbocycles. The van der Waals surface area contributed by atoms with Gasteiger partial charge in [0.15, 0.2) is 0 Å². The zero-order valence-corrected chi connectivity index (χ0v) is 15.2. The van der Waals surface area contributed by atoms with E-state index in [2.05, 4.69) is 41.3 Å². The molecule has 1 aromatic carbocycles. The largest absolute Gasteiger partial charge is 0.342 e. The number of imidazole rings is 1. The van der Waals surface area contributed by atoms with Crippen molar-refractivity contribution in [2.45, 2.75) is 33.2 Å². The molecule has 1 fully saturated rings. The van der Waals surface area contributed by atoms with E-state index in [4.69, 9.17) is 0 Å². The van der Waals surface area contributed by atoms with Gasteiger partial charge in [0.25, 0.3) is 0 Å². The van der Waals surface area contributed by atoms with Crippen LogP contribution in [0.5, 0.6) is 0 Å². The number of piperazine rings is 1. The van der Waals surface area contributed by atoms with Crippen molar-refractivity contribution >= 4 is 23.0 Å². The van der Waals surface area contributed by atoms with Gasteiger partial charge >= 0.3 is 6.03 Å². The van der Waals surface area contributed by atoms with Gasteiger partial charge in [0, 0.05) is 33.1 Å². The minimum atomic E-state index is -0.420. The van der Waals surface area contributed by atoms with E-state index in [1.807, 2.05) is 0 Å². The topological polar surface area (TPSA) is 81.3 Å². The van der Waals surface area contributed by atoms with Crippen molar-refractivity contribution in [1.29, 1.82) is 0 Å². The molecule has 1 aromatic heterocycles. The first kappa shape index (κ1) is 17.3. The van der Waals surface area contributed by atoms with Crippen LogP contribution in [0.1, 0.15) is 23.9 Å². The van der Waals surface area contributed by atoms with E-state index in [0.717, 1.165) is 16.9 Å². The van der Waals surface area contributed by atoms with Crippen molar-refractivity contribution in [2.75, 3.05) is 26.7 Å². The third kappa shape index (κ3) is 3.45. The third-order valence-electron chi connectivity index (χ3n) is 4.92. The van der Waals surface area contributed by atoms with Gasteiger partial charge in [0.2, 0.25) is 5.91 Å². The predicted molar refractivity (Wildman–Crippen MR) is 96.5 cm³/mol. The van der Waals surface area contributed by atoms with E-state index in [-0.39, 0.29) is 11.9 Å². The summed E-state index contributed by atoms with van der Waals surface area (Å²) in [6.07, 6.45) is 0.620. The van der Waals surface area contributed by atoms with Crippen LogP contribution in [-0.2, 0) is 11.2 Å². The summed E-state index contributed by atoms with van der Waals surface area (Å²) in [6.45, 7) is 7.51. The van der Waals surface area contributed by atoms with Crippen molar-refractivity contribution in [3.05, 3.63) is 29.1 Å². The van der Waals surface area contributed by atoms with E-state index in [1.165, 1.54) is 11.1 Å². The summed E-state index contributed by atoms with van der Waals surface area (Å²) >= 11 is 0. The van der Waals surface area contributed by atoms with Crippen molar-refractivity contribution in [2.24, 2.45) is 0 Å². The van der Waals surface area contributed by atoms with Crippen molar-refractivity contribution < 1.29 is 9.59 Å². The summed E-state index contributed by atoms with van der Waals surface area (Å²) in [4.78, 5) is 35.4. The lowest BCUT2D eigenvalue weighted by molar-refractivity contribution is -0.137. The molecule has 1 aliphatic rings. The zero-order chi connectivity index (χ0) is 18.1. The number of hydrogen-bond acceptors (Lipinski definition) is 3. The zero-order valence-electron chi connectivity index (χ0n) is 15.2. The number of amides is 3. The van der Waals surface area contributed by atoms with Crippen LogP contribution in [-0.4, -0.2) is 64.4 Å². The highest BCUT2D eigenvalue weighted by molar-refractivity contribution is 5.87. The molecular formula is C18H25N5O2. The fourth-order valence-electron chi connectivity index (χ4n) is 3.12. The molecule has 3 rings (SSSR count). The molecule has 2 heterocycles. The molecule has 0 bridgehead atoms. The fraction of sp³-hybridized carbons (Fsp3) is 0.500. The van der Waals surface area contributed by atoms with Crippen LogP contribution in [0.2, 0.25) is 0 Å². The number of nitrogens with zero attached hydrogens (tertiary/aromatic N) is 3. The molecule has 7 nitrogen and oxygen atoms in total. The Hall–Kier alpha value is -2.57. The molecule has 1 atom stereocenters. The number of rotatable bonds is 3. The summed E-state index contributed by atoms with van der Waals surface area (Å²) in [5.74, 6) is 0.826. The van der Waals surface area contributed by atoms with Crippen LogP contribution in [0.15, 0.2) is 12.1 Å². The van der Waals surface area contributed by atoms with Gasteiger partial charge in [0.05, 0.1) is 11.0 Å². The number of urea groups is 1. The SMILES string of the molecule is Cc1cc2nc(CCNC(=O)N3CCN(C)C(=O)[C@@H]3C)[nH]c2cc1C. The summed E-state index contributed by atoms with van der Waals surface area (Å²) < 4.78 is 0. The second kappa shape index (κ2) is 6.74. The standard InChI is InChI=1S/C18H25N5O2/c1-11-9-14-15(10-12(11)2)21-16(20-14)5-6-19-18(25)23-8-7-22(4)17(24)13(23)3/h9-10,13H,5-8H2,1-4H3,(H,19,25)(H,20,21)/t13-/m0/s1. The fourth-order valence-corrected chi connectivity index (χ4v) is 3.12. The minimum Gasteiger partial charge on any atom is -0.342 e. The lowest BCUT2D eigenvalue weighted by atomic mass is 10.1. The first-order valence-corrected chi connectivity index (χ1v) is 8.62. The molecule has 25 heavy (non-hydrogen) atoms. The van der Waals surface area contributed by atoms with Crippen LogP contribution in [0.4, 0.5) is 4.79 Å². The van der Waals surface area contributed by atoms with Gasteiger partial charge in [-0.1, -0.05) is 0 Å².